The van der Waals surface area contributed by atoms with Gasteiger partial charge in [0.15, 0.2) is 0 Å². The van der Waals surface area contributed by atoms with Crippen molar-refractivity contribution in [1.29, 1.82) is 0 Å². The van der Waals surface area contributed by atoms with Gasteiger partial charge in [-0.25, -0.2) is 0 Å². The van der Waals surface area contributed by atoms with Crippen LogP contribution in [0.4, 0.5) is 0 Å². The Morgan fingerprint density at radius 2 is 2.07 bits per heavy atom. The van der Waals surface area contributed by atoms with Crippen LogP contribution in [0.1, 0.15) is 37.5 Å². The molecular formula is C12H21NS. The molecule has 1 rings (SSSR count). The SMILES string of the molecule is CCNCCCCCCc1cccs1. The van der Waals surface area contributed by atoms with E-state index in [9.17, 15) is 0 Å². The molecule has 0 fully saturated rings. The van der Waals surface area contributed by atoms with Crippen LogP contribution in [0.2, 0.25) is 0 Å². The number of nitrogens with one attached hydrogen (secondary N) is 1. The maximum atomic E-state index is 3.35. The average molecular weight is 211 g/mol. The number of thiophene rings is 1. The highest BCUT2D eigenvalue weighted by Gasteiger charge is 1.93. The third kappa shape index (κ3) is 5.40. The van der Waals surface area contributed by atoms with Crippen molar-refractivity contribution in [3.63, 3.8) is 0 Å². The number of rotatable bonds is 8. The number of hydrogen-bond acceptors (Lipinski definition) is 2. The molecule has 1 aromatic heterocycles. The first-order valence-electron chi connectivity index (χ1n) is 5.66. The Labute approximate surface area is 91.5 Å². The zero-order chi connectivity index (χ0) is 10.1. The summed E-state index contributed by atoms with van der Waals surface area (Å²) in [6.07, 6.45) is 6.71. The van der Waals surface area contributed by atoms with Crippen molar-refractivity contribution < 1.29 is 0 Å². The van der Waals surface area contributed by atoms with Gasteiger partial charge in [0.05, 0.1) is 0 Å². The molecule has 0 aliphatic carbocycles. The van der Waals surface area contributed by atoms with Crippen molar-refractivity contribution in [3.8, 4) is 0 Å². The molecule has 80 valence electrons. The van der Waals surface area contributed by atoms with E-state index < -0.39 is 0 Å². The predicted octanol–water partition coefficient (Wildman–Crippen LogP) is 3.46. The molecule has 1 N–H and O–H groups in total. The van der Waals surface area contributed by atoms with Crippen LogP contribution in [-0.4, -0.2) is 13.1 Å². The quantitative estimate of drug-likeness (QED) is 0.649. The third-order valence-corrected chi connectivity index (χ3v) is 3.29. The van der Waals surface area contributed by atoms with Crippen molar-refractivity contribution in [1.82, 2.24) is 5.32 Å². The normalized spacial score (nSPS) is 10.6. The van der Waals surface area contributed by atoms with Gasteiger partial charge in [0.25, 0.3) is 0 Å². The summed E-state index contributed by atoms with van der Waals surface area (Å²) in [4.78, 5) is 1.54. The van der Waals surface area contributed by atoms with Crippen LogP contribution in [0.3, 0.4) is 0 Å². The monoisotopic (exact) mass is 211 g/mol. The molecule has 0 radical (unpaired) electrons. The summed E-state index contributed by atoms with van der Waals surface area (Å²) in [5.41, 5.74) is 0. The second-order valence-corrected chi connectivity index (χ2v) is 4.63. The molecule has 0 bridgehead atoms. The Hall–Kier alpha value is -0.340. The fraction of sp³-hybridized carbons (Fsp3) is 0.667. The van der Waals surface area contributed by atoms with E-state index in [1.165, 1.54) is 43.5 Å². The van der Waals surface area contributed by atoms with Gasteiger partial charge < -0.3 is 5.32 Å². The van der Waals surface area contributed by atoms with Crippen molar-refractivity contribution in [2.45, 2.75) is 39.0 Å². The van der Waals surface area contributed by atoms with Gasteiger partial charge >= 0.3 is 0 Å². The van der Waals surface area contributed by atoms with Gasteiger partial charge in [0.1, 0.15) is 0 Å². The van der Waals surface area contributed by atoms with Gasteiger partial charge in [-0.2, -0.15) is 0 Å². The molecule has 0 spiro atoms. The molecule has 1 aromatic rings. The summed E-state index contributed by atoms with van der Waals surface area (Å²) in [7, 11) is 0. The second kappa shape index (κ2) is 8.01. The minimum absolute atomic E-state index is 1.11. The lowest BCUT2D eigenvalue weighted by Crippen LogP contribution is -2.13. The van der Waals surface area contributed by atoms with Crippen LogP contribution in [0.5, 0.6) is 0 Å². The lowest BCUT2D eigenvalue weighted by Gasteiger charge is -2.01. The summed E-state index contributed by atoms with van der Waals surface area (Å²) in [5, 5.41) is 5.52. The van der Waals surface area contributed by atoms with Crippen molar-refractivity contribution in [2.24, 2.45) is 0 Å². The average Bonchev–Trinajstić information content (AvgIpc) is 2.69. The Morgan fingerprint density at radius 3 is 2.79 bits per heavy atom. The summed E-state index contributed by atoms with van der Waals surface area (Å²) in [6.45, 7) is 4.46. The number of unbranched alkanes of at least 4 members (excludes halogenated alkanes) is 3. The molecule has 0 saturated carbocycles. The van der Waals surface area contributed by atoms with E-state index in [2.05, 4.69) is 29.8 Å². The second-order valence-electron chi connectivity index (χ2n) is 3.60. The molecule has 0 unspecified atom stereocenters. The van der Waals surface area contributed by atoms with Crippen LogP contribution in [0.15, 0.2) is 17.5 Å². The van der Waals surface area contributed by atoms with E-state index in [1.807, 2.05) is 11.3 Å². The van der Waals surface area contributed by atoms with Gasteiger partial charge in [-0.3, -0.25) is 0 Å². The molecule has 1 heterocycles. The Balaban J connectivity index is 1.85. The number of hydrogen-bond donors (Lipinski definition) is 1. The molecule has 0 aromatic carbocycles. The highest BCUT2D eigenvalue weighted by atomic mass is 32.1. The van der Waals surface area contributed by atoms with Gasteiger partial charge in [-0.05, 0) is 43.8 Å². The van der Waals surface area contributed by atoms with Crippen LogP contribution in [0.25, 0.3) is 0 Å². The smallest absolute Gasteiger partial charge is 0.00452 e. The lowest BCUT2D eigenvalue weighted by atomic mass is 10.1. The maximum absolute atomic E-state index is 3.35. The summed E-state index contributed by atoms with van der Waals surface area (Å²) < 4.78 is 0. The molecule has 2 heteroatoms. The molecule has 0 saturated heterocycles. The Bertz CT molecular complexity index is 206. The summed E-state index contributed by atoms with van der Waals surface area (Å²) in [6, 6.07) is 4.38. The first-order chi connectivity index (χ1) is 6.93. The molecule has 0 amide bonds. The highest BCUT2D eigenvalue weighted by Crippen LogP contribution is 2.12. The van der Waals surface area contributed by atoms with E-state index in [4.69, 9.17) is 0 Å². The van der Waals surface area contributed by atoms with Crippen LogP contribution in [0, 0.1) is 0 Å². The van der Waals surface area contributed by atoms with E-state index in [1.54, 1.807) is 0 Å². The van der Waals surface area contributed by atoms with Crippen LogP contribution < -0.4 is 5.32 Å². The topological polar surface area (TPSA) is 12.0 Å². The van der Waals surface area contributed by atoms with Crippen LogP contribution >= 0.6 is 11.3 Å². The highest BCUT2D eigenvalue weighted by molar-refractivity contribution is 7.09. The minimum atomic E-state index is 1.11. The molecule has 0 aliphatic heterocycles. The standard InChI is InChI=1S/C12H21NS/c1-2-13-10-6-4-3-5-8-12-9-7-11-14-12/h7,9,11,13H,2-6,8,10H2,1H3. The van der Waals surface area contributed by atoms with Gasteiger partial charge in [-0.15, -0.1) is 11.3 Å². The minimum Gasteiger partial charge on any atom is -0.317 e. The maximum Gasteiger partial charge on any atom is 0.00452 e. The van der Waals surface area contributed by atoms with E-state index in [0.717, 1.165) is 6.54 Å². The Kier molecular flexibility index (Phi) is 6.71. The van der Waals surface area contributed by atoms with Gasteiger partial charge in [-0.1, -0.05) is 25.8 Å². The predicted molar refractivity (Wildman–Crippen MR) is 65.0 cm³/mol. The van der Waals surface area contributed by atoms with Gasteiger partial charge in [0.2, 0.25) is 0 Å². The first-order valence-corrected chi connectivity index (χ1v) is 6.54. The summed E-state index contributed by atoms with van der Waals surface area (Å²) in [5.74, 6) is 0. The molecule has 0 aliphatic rings. The molecule has 0 atom stereocenters. The first kappa shape index (κ1) is 11.7. The third-order valence-electron chi connectivity index (χ3n) is 2.36. The van der Waals surface area contributed by atoms with Crippen LogP contribution in [-0.2, 0) is 6.42 Å². The lowest BCUT2D eigenvalue weighted by molar-refractivity contribution is 0.599. The van der Waals surface area contributed by atoms with Crippen molar-refractivity contribution in [3.05, 3.63) is 22.4 Å². The zero-order valence-electron chi connectivity index (χ0n) is 9.09. The fourth-order valence-corrected chi connectivity index (χ4v) is 2.29. The molecular weight excluding hydrogens is 190 g/mol. The number of aryl methyl sites for hydroxylation is 1. The molecule has 14 heavy (non-hydrogen) atoms. The largest absolute Gasteiger partial charge is 0.317 e. The zero-order valence-corrected chi connectivity index (χ0v) is 9.91. The van der Waals surface area contributed by atoms with E-state index in [0.29, 0.717) is 0 Å². The van der Waals surface area contributed by atoms with Crippen molar-refractivity contribution >= 4 is 11.3 Å². The summed E-state index contributed by atoms with van der Waals surface area (Å²) >= 11 is 1.88. The van der Waals surface area contributed by atoms with E-state index in [-0.39, 0.29) is 0 Å². The fourth-order valence-electron chi connectivity index (χ4n) is 1.53. The molecule has 1 nitrogen and oxygen atoms in total. The van der Waals surface area contributed by atoms with Crippen molar-refractivity contribution in [2.75, 3.05) is 13.1 Å². The van der Waals surface area contributed by atoms with E-state index >= 15 is 0 Å². The Morgan fingerprint density at radius 1 is 1.21 bits per heavy atom. The van der Waals surface area contributed by atoms with Gasteiger partial charge in [0, 0.05) is 4.88 Å².